The molecule has 2 aromatic carbocycles. The molecule has 0 spiro atoms. The molecule has 0 aliphatic carbocycles. The number of hydrogen-bond acceptors (Lipinski definition) is 3. The number of aromatic hydroxyl groups is 1. The predicted octanol–water partition coefficient (Wildman–Crippen LogP) is 2.91. The van der Waals surface area contributed by atoms with Crippen LogP contribution in [0.15, 0.2) is 48.5 Å². The van der Waals surface area contributed by atoms with Gasteiger partial charge in [0, 0.05) is 0 Å². The van der Waals surface area contributed by atoms with Gasteiger partial charge in [-0.1, -0.05) is 24.3 Å². The Hall–Kier alpha value is -2.49. The van der Waals surface area contributed by atoms with Crippen LogP contribution >= 0.6 is 0 Å². The molecule has 0 amide bonds. The van der Waals surface area contributed by atoms with Crippen LogP contribution in [0.25, 0.3) is 11.1 Å². The molecule has 0 radical (unpaired) electrons. The maximum atomic E-state index is 10.7. The Balaban J connectivity index is 2.14. The van der Waals surface area contributed by atoms with Crippen LogP contribution in [0.5, 0.6) is 11.5 Å². The van der Waals surface area contributed by atoms with Crippen LogP contribution < -0.4 is 4.74 Å². The molecule has 98 valence electrons. The minimum absolute atomic E-state index is 0.221. The highest BCUT2D eigenvalue weighted by molar-refractivity contribution is 5.72. The van der Waals surface area contributed by atoms with Gasteiger partial charge in [0.05, 0.1) is 0 Å². The van der Waals surface area contributed by atoms with E-state index < -0.39 is 12.1 Å². The van der Waals surface area contributed by atoms with E-state index in [1.54, 1.807) is 24.3 Å². The molecule has 2 rings (SSSR count). The fraction of sp³-hybridized carbons (Fsp3) is 0.133. The third-order valence-electron chi connectivity index (χ3n) is 2.72. The molecule has 0 saturated carbocycles. The quantitative estimate of drug-likeness (QED) is 0.884. The van der Waals surface area contributed by atoms with Crippen LogP contribution in [0.2, 0.25) is 0 Å². The molecule has 1 atom stereocenters. The van der Waals surface area contributed by atoms with Crippen LogP contribution in [0, 0.1) is 0 Å². The summed E-state index contributed by atoms with van der Waals surface area (Å²) in [5.74, 6) is -0.265. The van der Waals surface area contributed by atoms with Gasteiger partial charge in [0.15, 0.2) is 6.10 Å². The van der Waals surface area contributed by atoms with Crippen LogP contribution in [-0.4, -0.2) is 22.3 Å². The molecular weight excluding hydrogens is 244 g/mol. The lowest BCUT2D eigenvalue weighted by atomic mass is 10.1. The number of rotatable bonds is 4. The van der Waals surface area contributed by atoms with E-state index in [-0.39, 0.29) is 5.75 Å². The van der Waals surface area contributed by atoms with Crippen molar-refractivity contribution in [1.29, 1.82) is 0 Å². The molecule has 0 fully saturated rings. The Morgan fingerprint density at radius 1 is 1.00 bits per heavy atom. The van der Waals surface area contributed by atoms with Crippen molar-refractivity contribution in [3.05, 3.63) is 48.5 Å². The molecule has 0 saturated heterocycles. The third-order valence-corrected chi connectivity index (χ3v) is 2.72. The van der Waals surface area contributed by atoms with Gasteiger partial charge in [-0.25, -0.2) is 4.79 Å². The lowest BCUT2D eigenvalue weighted by Gasteiger charge is -2.10. The van der Waals surface area contributed by atoms with E-state index in [0.29, 0.717) is 5.75 Å². The molecule has 2 N–H and O–H groups in total. The number of carboxylic acids is 1. The molecule has 0 aliphatic heterocycles. The van der Waals surface area contributed by atoms with Crippen LogP contribution in [-0.2, 0) is 4.79 Å². The topological polar surface area (TPSA) is 66.8 Å². The van der Waals surface area contributed by atoms with Gasteiger partial charge >= 0.3 is 5.97 Å². The average Bonchev–Trinajstić information content (AvgIpc) is 2.40. The largest absolute Gasteiger partial charge is 0.508 e. The van der Waals surface area contributed by atoms with E-state index in [9.17, 15) is 9.90 Å². The minimum atomic E-state index is -0.998. The summed E-state index contributed by atoms with van der Waals surface area (Å²) in [7, 11) is 0. The second kappa shape index (κ2) is 5.44. The normalized spacial score (nSPS) is 11.8. The van der Waals surface area contributed by atoms with Gasteiger partial charge in [-0.2, -0.15) is 0 Å². The Morgan fingerprint density at radius 2 is 1.47 bits per heavy atom. The standard InChI is InChI=1S/C15H14O4/c1-10(15(17)18)19-14-8-4-12(5-9-14)11-2-6-13(16)7-3-11/h2-10,16H,1H3,(H,17,18)/t10-/m0/s1. The van der Waals surface area contributed by atoms with Gasteiger partial charge in [0.2, 0.25) is 0 Å². The van der Waals surface area contributed by atoms with Crippen molar-refractivity contribution in [3.63, 3.8) is 0 Å². The number of carbonyl (C=O) groups is 1. The molecule has 0 aromatic heterocycles. The van der Waals surface area contributed by atoms with E-state index in [1.165, 1.54) is 6.92 Å². The summed E-state index contributed by atoms with van der Waals surface area (Å²) in [6, 6.07) is 14.0. The highest BCUT2D eigenvalue weighted by Crippen LogP contribution is 2.24. The van der Waals surface area contributed by atoms with E-state index in [1.807, 2.05) is 24.3 Å². The van der Waals surface area contributed by atoms with Gasteiger partial charge in [-0.05, 0) is 42.3 Å². The van der Waals surface area contributed by atoms with Crippen LogP contribution in [0.1, 0.15) is 6.92 Å². The highest BCUT2D eigenvalue weighted by atomic mass is 16.5. The zero-order valence-electron chi connectivity index (χ0n) is 10.4. The number of hydrogen-bond donors (Lipinski definition) is 2. The summed E-state index contributed by atoms with van der Waals surface area (Å²) in [4.78, 5) is 10.7. The number of benzene rings is 2. The zero-order chi connectivity index (χ0) is 13.8. The lowest BCUT2D eigenvalue weighted by molar-refractivity contribution is -0.144. The fourth-order valence-corrected chi connectivity index (χ4v) is 1.63. The smallest absolute Gasteiger partial charge is 0.344 e. The predicted molar refractivity (Wildman–Crippen MR) is 71.3 cm³/mol. The molecular formula is C15H14O4. The molecule has 0 heterocycles. The zero-order valence-corrected chi connectivity index (χ0v) is 10.4. The van der Waals surface area contributed by atoms with Crippen molar-refractivity contribution in [2.45, 2.75) is 13.0 Å². The van der Waals surface area contributed by atoms with E-state index in [0.717, 1.165) is 11.1 Å². The van der Waals surface area contributed by atoms with Crippen LogP contribution in [0.3, 0.4) is 0 Å². The maximum absolute atomic E-state index is 10.7. The highest BCUT2D eigenvalue weighted by Gasteiger charge is 2.12. The van der Waals surface area contributed by atoms with Crippen molar-refractivity contribution in [2.24, 2.45) is 0 Å². The summed E-state index contributed by atoms with van der Waals surface area (Å²) in [5.41, 5.74) is 1.94. The summed E-state index contributed by atoms with van der Waals surface area (Å²) < 4.78 is 5.25. The Kier molecular flexibility index (Phi) is 3.71. The lowest BCUT2D eigenvalue weighted by Crippen LogP contribution is -2.22. The van der Waals surface area contributed by atoms with Crippen molar-refractivity contribution in [1.82, 2.24) is 0 Å². The van der Waals surface area contributed by atoms with E-state index in [2.05, 4.69) is 0 Å². The number of phenols is 1. The summed E-state index contributed by atoms with van der Waals surface area (Å²) in [6.45, 7) is 1.48. The monoisotopic (exact) mass is 258 g/mol. The van der Waals surface area contributed by atoms with Gasteiger partial charge in [-0.3, -0.25) is 0 Å². The van der Waals surface area contributed by atoms with Gasteiger partial charge in [0.1, 0.15) is 11.5 Å². The van der Waals surface area contributed by atoms with Crippen molar-refractivity contribution in [3.8, 4) is 22.6 Å². The first kappa shape index (κ1) is 13.0. The fourth-order valence-electron chi connectivity index (χ4n) is 1.63. The van der Waals surface area contributed by atoms with Crippen molar-refractivity contribution in [2.75, 3.05) is 0 Å². The molecule has 0 aliphatic rings. The van der Waals surface area contributed by atoms with Crippen LogP contribution in [0.4, 0.5) is 0 Å². The van der Waals surface area contributed by atoms with Gasteiger partial charge in [0.25, 0.3) is 0 Å². The summed E-state index contributed by atoms with van der Waals surface area (Å²) >= 11 is 0. The molecule has 2 aromatic rings. The third kappa shape index (κ3) is 3.25. The molecule has 0 bridgehead atoms. The second-order valence-electron chi connectivity index (χ2n) is 4.17. The first-order valence-corrected chi connectivity index (χ1v) is 5.85. The number of phenolic OH excluding ortho intramolecular Hbond substituents is 1. The van der Waals surface area contributed by atoms with E-state index in [4.69, 9.17) is 9.84 Å². The second-order valence-corrected chi connectivity index (χ2v) is 4.17. The Labute approximate surface area is 110 Å². The number of ether oxygens (including phenoxy) is 1. The number of aliphatic carboxylic acids is 1. The number of carboxylic acid groups (broad SMARTS) is 1. The van der Waals surface area contributed by atoms with E-state index >= 15 is 0 Å². The average molecular weight is 258 g/mol. The SMILES string of the molecule is C[C@H](Oc1ccc(-c2ccc(O)cc2)cc1)C(=O)O. The van der Waals surface area contributed by atoms with Crippen molar-refractivity contribution < 1.29 is 19.7 Å². The van der Waals surface area contributed by atoms with Gasteiger partial charge in [-0.15, -0.1) is 0 Å². The summed E-state index contributed by atoms with van der Waals surface area (Å²) in [5, 5.41) is 18.0. The molecule has 0 unspecified atom stereocenters. The maximum Gasteiger partial charge on any atom is 0.344 e. The van der Waals surface area contributed by atoms with Gasteiger partial charge < -0.3 is 14.9 Å². The van der Waals surface area contributed by atoms with Crippen molar-refractivity contribution >= 4 is 5.97 Å². The Morgan fingerprint density at radius 3 is 1.95 bits per heavy atom. The minimum Gasteiger partial charge on any atom is -0.508 e. The summed E-state index contributed by atoms with van der Waals surface area (Å²) in [6.07, 6.45) is -0.875. The Bertz CT molecular complexity index is 558. The molecule has 4 nitrogen and oxygen atoms in total. The first-order valence-electron chi connectivity index (χ1n) is 5.85. The molecule has 4 heteroatoms. The molecule has 19 heavy (non-hydrogen) atoms. The first-order chi connectivity index (χ1) is 9.06.